The molecule has 1 spiro atoms. The largest absolute Gasteiger partial charge is 0.395 e. The third-order valence-electron chi connectivity index (χ3n) is 7.52. The number of likely N-dealkylation sites (tertiary alicyclic amines) is 1. The van der Waals surface area contributed by atoms with E-state index in [0.29, 0.717) is 13.0 Å². The van der Waals surface area contributed by atoms with Crippen molar-refractivity contribution in [1.82, 2.24) is 30.5 Å². The summed E-state index contributed by atoms with van der Waals surface area (Å²) in [6.45, 7) is 4.51. The molecule has 3 fully saturated rings. The minimum Gasteiger partial charge on any atom is -0.395 e. The molecule has 5 rings (SSSR count). The first kappa shape index (κ1) is 23.1. The van der Waals surface area contributed by atoms with E-state index < -0.39 is 27.4 Å². The summed E-state index contributed by atoms with van der Waals surface area (Å²) in [5.74, 6) is -1.70. The lowest BCUT2D eigenvalue weighted by molar-refractivity contribution is -0.141. The van der Waals surface area contributed by atoms with Crippen molar-refractivity contribution in [2.24, 2.45) is 11.8 Å². The molecule has 2 unspecified atom stereocenters. The van der Waals surface area contributed by atoms with Gasteiger partial charge in [-0.1, -0.05) is 24.3 Å². The van der Waals surface area contributed by atoms with Gasteiger partial charge >= 0.3 is 0 Å². The van der Waals surface area contributed by atoms with Crippen LogP contribution in [0.2, 0.25) is 0 Å². The van der Waals surface area contributed by atoms with Crippen LogP contribution in [-0.4, -0.2) is 78.0 Å². The Bertz CT molecular complexity index is 1140. The number of amides is 3. The number of aliphatic hydroxyl groups excluding tert-OH is 1. The second-order valence-corrected chi connectivity index (χ2v) is 11.4. The van der Waals surface area contributed by atoms with Crippen molar-refractivity contribution in [3.05, 3.63) is 24.3 Å². The van der Waals surface area contributed by atoms with Gasteiger partial charge in [-0.2, -0.15) is 0 Å². The molecular formula is C23H30N6O4S. The Morgan fingerprint density at radius 1 is 1.24 bits per heavy atom. The number of β-amino-alcohol motifs (C(OH)–C–C–N with tert-alkyl or cyclic N) is 1. The molecule has 34 heavy (non-hydrogen) atoms. The number of hydrogen-bond acceptors (Lipinski definition) is 7. The Labute approximate surface area is 201 Å². The molecular weight excluding hydrogens is 456 g/mol. The molecule has 0 aliphatic carbocycles. The van der Waals surface area contributed by atoms with Crippen molar-refractivity contribution in [2.45, 2.75) is 55.3 Å². The van der Waals surface area contributed by atoms with E-state index in [2.05, 4.69) is 20.9 Å². The van der Waals surface area contributed by atoms with Crippen molar-refractivity contribution < 1.29 is 19.5 Å². The van der Waals surface area contributed by atoms with Gasteiger partial charge in [0.2, 0.25) is 17.7 Å². The number of rotatable bonds is 8. The predicted octanol–water partition coefficient (Wildman–Crippen LogP) is 0.505. The third-order valence-corrected chi connectivity index (χ3v) is 9.51. The van der Waals surface area contributed by atoms with E-state index in [4.69, 9.17) is 0 Å². The second-order valence-electron chi connectivity index (χ2n) is 9.55. The zero-order valence-corrected chi connectivity index (χ0v) is 20.2. The highest BCUT2D eigenvalue weighted by molar-refractivity contribution is 8.02. The lowest BCUT2D eigenvalue weighted by atomic mass is 9.66. The van der Waals surface area contributed by atoms with Crippen molar-refractivity contribution in [2.75, 3.05) is 19.7 Å². The maximum Gasteiger partial charge on any atom is 0.245 e. The molecule has 3 N–H and O–H groups in total. The number of nitrogens with one attached hydrogen (secondary N) is 2. The molecule has 11 heteroatoms. The Morgan fingerprint density at radius 3 is 2.79 bits per heavy atom. The average molecular weight is 487 g/mol. The van der Waals surface area contributed by atoms with Gasteiger partial charge in [-0.05, 0) is 38.3 Å². The number of para-hydroxylation sites is 1. The van der Waals surface area contributed by atoms with Crippen LogP contribution in [0.1, 0.15) is 33.1 Å². The minimum absolute atomic E-state index is 0.0575. The van der Waals surface area contributed by atoms with Gasteiger partial charge in [0.1, 0.15) is 18.2 Å². The number of thioether (sulfide) groups is 1. The van der Waals surface area contributed by atoms with Gasteiger partial charge in [-0.3, -0.25) is 14.4 Å². The van der Waals surface area contributed by atoms with Gasteiger partial charge in [-0.25, -0.2) is 4.68 Å². The van der Waals surface area contributed by atoms with Gasteiger partial charge in [0.25, 0.3) is 0 Å². The van der Waals surface area contributed by atoms with Gasteiger partial charge in [0.05, 0.1) is 28.7 Å². The monoisotopic (exact) mass is 486 g/mol. The molecule has 2 aromatic rings. The highest BCUT2D eigenvalue weighted by Gasteiger charge is 2.76. The molecule has 5 atom stereocenters. The van der Waals surface area contributed by atoms with Crippen LogP contribution in [0.15, 0.2) is 24.3 Å². The fourth-order valence-electron chi connectivity index (χ4n) is 6.12. The number of benzene rings is 1. The summed E-state index contributed by atoms with van der Waals surface area (Å²) in [4.78, 5) is 41.9. The summed E-state index contributed by atoms with van der Waals surface area (Å²) in [6, 6.07) is 6.72. The van der Waals surface area contributed by atoms with E-state index in [1.807, 2.05) is 38.1 Å². The molecule has 3 aliphatic heterocycles. The summed E-state index contributed by atoms with van der Waals surface area (Å²) >= 11 is 1.62. The Balaban J connectivity index is 1.43. The smallest absolute Gasteiger partial charge is 0.245 e. The Hall–Kier alpha value is -2.66. The lowest BCUT2D eigenvalue weighted by Crippen LogP contribution is -2.54. The molecule has 0 saturated carbocycles. The highest BCUT2D eigenvalue weighted by atomic mass is 32.2. The molecule has 2 bridgehead atoms. The van der Waals surface area contributed by atoms with Crippen LogP contribution in [-0.2, 0) is 21.1 Å². The molecule has 3 aliphatic rings. The molecule has 0 radical (unpaired) electrons. The van der Waals surface area contributed by atoms with E-state index >= 15 is 0 Å². The first-order valence-electron chi connectivity index (χ1n) is 11.8. The molecule has 1 aromatic heterocycles. The van der Waals surface area contributed by atoms with E-state index in [1.54, 1.807) is 16.4 Å². The predicted molar refractivity (Wildman–Crippen MR) is 126 cm³/mol. The Kier molecular flexibility index (Phi) is 5.79. The van der Waals surface area contributed by atoms with Crippen LogP contribution < -0.4 is 10.6 Å². The zero-order chi connectivity index (χ0) is 24.1. The summed E-state index contributed by atoms with van der Waals surface area (Å²) in [5, 5.41) is 23.8. The second kappa shape index (κ2) is 8.53. The quantitative estimate of drug-likeness (QED) is 0.496. The van der Waals surface area contributed by atoms with Crippen LogP contribution in [0, 0.1) is 11.8 Å². The van der Waals surface area contributed by atoms with Crippen molar-refractivity contribution in [3.8, 4) is 0 Å². The fraction of sp³-hybridized carbons (Fsp3) is 0.609. The third kappa shape index (κ3) is 3.31. The number of carbonyl (C=O) groups is 3. The molecule has 3 saturated heterocycles. The number of aliphatic hydroxyl groups is 1. The maximum absolute atomic E-state index is 13.6. The van der Waals surface area contributed by atoms with Crippen LogP contribution in [0.25, 0.3) is 11.0 Å². The van der Waals surface area contributed by atoms with Crippen molar-refractivity contribution in [1.29, 1.82) is 0 Å². The minimum atomic E-state index is -0.761. The molecule has 182 valence electrons. The normalized spacial score (nSPS) is 31.8. The summed E-state index contributed by atoms with van der Waals surface area (Å²) in [7, 11) is 0. The van der Waals surface area contributed by atoms with E-state index in [9.17, 15) is 19.5 Å². The van der Waals surface area contributed by atoms with Crippen LogP contribution in [0.3, 0.4) is 0 Å². The molecule has 1 aromatic carbocycles. The molecule has 3 amide bonds. The number of nitrogens with zero attached hydrogens (tertiary/aromatic N) is 4. The topological polar surface area (TPSA) is 129 Å². The maximum atomic E-state index is 13.6. The lowest BCUT2D eigenvalue weighted by Gasteiger charge is -2.34. The summed E-state index contributed by atoms with van der Waals surface area (Å²) in [5.41, 5.74) is 1.53. The van der Waals surface area contributed by atoms with Crippen LogP contribution in [0.5, 0.6) is 0 Å². The summed E-state index contributed by atoms with van der Waals surface area (Å²) < 4.78 is 0.519. The number of carbonyl (C=O) groups excluding carboxylic acids is 3. The van der Waals surface area contributed by atoms with Gasteiger partial charge in [0, 0.05) is 17.8 Å². The van der Waals surface area contributed by atoms with Crippen LogP contribution in [0.4, 0.5) is 0 Å². The SMILES string of the molecule is CCCNC(=O)[C@@H]1[C@H]2C(=O)N(CCO)C(C(=O)NCn3nnc4ccccc43)C23CC[C@@]1(C)S3. The standard InChI is InChI=1S/C23H30N6O4S/c1-3-10-24-19(31)16-17-21(33)28(11-12-30)18(23(17)9-8-22(16,2)34-23)20(32)25-13-29-15-7-5-4-6-14(15)26-27-29/h4-7,16-18,30H,3,8-13H2,1-2H3,(H,24,31)(H,25,32)/t16-,17-,18?,22+,23?/m0/s1. The van der Waals surface area contributed by atoms with Crippen molar-refractivity contribution >= 4 is 40.5 Å². The fourth-order valence-corrected chi connectivity index (χ4v) is 8.47. The highest BCUT2D eigenvalue weighted by Crippen LogP contribution is 2.71. The Morgan fingerprint density at radius 2 is 2.03 bits per heavy atom. The van der Waals surface area contributed by atoms with Crippen LogP contribution >= 0.6 is 11.8 Å². The molecule has 10 nitrogen and oxygen atoms in total. The van der Waals surface area contributed by atoms with Gasteiger partial charge in [-0.15, -0.1) is 16.9 Å². The first-order valence-corrected chi connectivity index (χ1v) is 12.6. The van der Waals surface area contributed by atoms with Crippen molar-refractivity contribution in [3.63, 3.8) is 0 Å². The number of fused-ring (bicyclic) bond motifs is 2. The van der Waals surface area contributed by atoms with Gasteiger partial charge in [0.15, 0.2) is 0 Å². The summed E-state index contributed by atoms with van der Waals surface area (Å²) in [6.07, 6.45) is 2.25. The number of hydrogen-bond donors (Lipinski definition) is 3. The van der Waals surface area contributed by atoms with E-state index in [0.717, 1.165) is 23.9 Å². The molecule has 4 heterocycles. The zero-order valence-electron chi connectivity index (χ0n) is 19.4. The number of aromatic nitrogens is 3. The van der Waals surface area contributed by atoms with E-state index in [-0.39, 0.29) is 37.5 Å². The van der Waals surface area contributed by atoms with Gasteiger partial charge < -0.3 is 20.6 Å². The average Bonchev–Trinajstić information content (AvgIpc) is 3.52. The first-order chi connectivity index (χ1) is 16.4. The van der Waals surface area contributed by atoms with E-state index in [1.165, 1.54) is 4.90 Å².